The molecular formula is C8H12O6. The summed E-state index contributed by atoms with van der Waals surface area (Å²) in [6.07, 6.45) is -1.94. The van der Waals surface area contributed by atoms with Crippen LogP contribution in [-0.2, 0) is 23.9 Å². The highest BCUT2D eigenvalue weighted by molar-refractivity contribution is 5.82. The molecule has 0 aromatic heterocycles. The zero-order valence-corrected chi connectivity index (χ0v) is 7.98. The molecule has 1 atom stereocenters. The Morgan fingerprint density at radius 2 is 1.93 bits per heavy atom. The fraction of sp³-hybridized carbons (Fsp3) is 0.625. The number of hydrogen-bond acceptors (Lipinski definition) is 5. The highest BCUT2D eigenvalue weighted by Gasteiger charge is 2.24. The first-order chi connectivity index (χ1) is 6.47. The van der Waals surface area contributed by atoms with Gasteiger partial charge in [0.25, 0.3) is 0 Å². The van der Waals surface area contributed by atoms with Crippen LogP contribution in [0, 0.1) is 0 Å². The molecule has 0 radical (unpaired) electrons. The minimum Gasteiger partial charge on any atom is -0.478 e. The lowest BCUT2D eigenvalue weighted by atomic mass is 10.2. The molecule has 0 amide bonds. The summed E-state index contributed by atoms with van der Waals surface area (Å²) in [7, 11) is 0. The molecule has 1 N–H and O–H groups in total. The quantitative estimate of drug-likeness (QED) is 0.632. The van der Waals surface area contributed by atoms with E-state index < -0.39 is 30.4 Å². The van der Waals surface area contributed by atoms with Crippen LogP contribution >= 0.6 is 0 Å². The Balaban J connectivity index is 4.16. The third-order valence-corrected chi connectivity index (χ3v) is 1.24. The molecule has 6 nitrogen and oxygen atoms in total. The average molecular weight is 204 g/mol. The second-order valence-corrected chi connectivity index (χ2v) is 2.45. The van der Waals surface area contributed by atoms with E-state index in [-0.39, 0.29) is 6.61 Å². The first-order valence-corrected chi connectivity index (χ1v) is 4.03. The van der Waals surface area contributed by atoms with Crippen molar-refractivity contribution >= 4 is 17.9 Å². The molecule has 6 heteroatoms. The first-order valence-electron chi connectivity index (χ1n) is 4.03. The number of hydrogen-bond donors (Lipinski definition) is 1. The number of aliphatic carboxylic acids is 1. The number of carboxylic acid groups (broad SMARTS) is 1. The summed E-state index contributed by atoms with van der Waals surface area (Å²) < 4.78 is 8.90. The van der Waals surface area contributed by atoms with E-state index in [1.54, 1.807) is 6.92 Å². The molecular weight excluding hydrogens is 192 g/mol. The molecule has 0 saturated carbocycles. The van der Waals surface area contributed by atoms with Gasteiger partial charge in [0, 0.05) is 6.92 Å². The van der Waals surface area contributed by atoms with Crippen LogP contribution in [0.15, 0.2) is 0 Å². The summed E-state index contributed by atoms with van der Waals surface area (Å²) >= 11 is 0. The third-order valence-electron chi connectivity index (χ3n) is 1.24. The molecule has 80 valence electrons. The fourth-order valence-corrected chi connectivity index (χ4v) is 0.751. The van der Waals surface area contributed by atoms with Gasteiger partial charge in [-0.3, -0.25) is 9.59 Å². The summed E-state index contributed by atoms with van der Waals surface area (Å²) in [5.41, 5.74) is 0. The normalized spacial score (nSPS) is 11.6. The lowest BCUT2D eigenvalue weighted by Crippen LogP contribution is -2.29. The predicted octanol–water partition coefficient (Wildman–Crippen LogP) is -0.0441. The molecule has 0 heterocycles. The van der Waals surface area contributed by atoms with Crippen LogP contribution in [0.5, 0.6) is 0 Å². The van der Waals surface area contributed by atoms with Gasteiger partial charge in [-0.1, -0.05) is 0 Å². The van der Waals surface area contributed by atoms with Crippen molar-refractivity contribution in [1.29, 1.82) is 0 Å². The van der Waals surface area contributed by atoms with Gasteiger partial charge in [0.2, 0.25) is 6.10 Å². The van der Waals surface area contributed by atoms with Crippen LogP contribution in [-0.4, -0.2) is 35.7 Å². The van der Waals surface area contributed by atoms with Crippen molar-refractivity contribution in [3.05, 3.63) is 0 Å². The van der Waals surface area contributed by atoms with Gasteiger partial charge < -0.3 is 14.6 Å². The maximum Gasteiger partial charge on any atom is 0.345 e. The van der Waals surface area contributed by atoms with Gasteiger partial charge in [0.1, 0.15) is 0 Å². The maximum absolute atomic E-state index is 10.9. The number of carbonyl (C=O) groups excluding carboxylic acids is 2. The number of rotatable bonds is 5. The van der Waals surface area contributed by atoms with Crippen LogP contribution in [0.2, 0.25) is 0 Å². The highest BCUT2D eigenvalue weighted by atomic mass is 16.6. The molecule has 0 fully saturated rings. The van der Waals surface area contributed by atoms with E-state index in [0.717, 1.165) is 6.92 Å². The Morgan fingerprint density at radius 1 is 1.36 bits per heavy atom. The zero-order chi connectivity index (χ0) is 11.1. The van der Waals surface area contributed by atoms with Gasteiger partial charge in [0.05, 0.1) is 13.0 Å². The van der Waals surface area contributed by atoms with E-state index in [4.69, 9.17) is 5.11 Å². The Hall–Kier alpha value is -1.59. The molecule has 0 bridgehead atoms. The molecule has 0 saturated heterocycles. The molecule has 0 aliphatic carbocycles. The minimum atomic E-state index is -1.47. The lowest BCUT2D eigenvalue weighted by Gasteiger charge is -2.10. The SMILES string of the molecule is CCOC(=O)C[C@H](OC(C)=O)C(=O)O. The fourth-order valence-electron chi connectivity index (χ4n) is 0.751. The predicted molar refractivity (Wildman–Crippen MR) is 44.4 cm³/mol. The number of carboxylic acids is 1. The second kappa shape index (κ2) is 5.95. The van der Waals surface area contributed by atoms with Gasteiger partial charge in [-0.15, -0.1) is 0 Å². The standard InChI is InChI=1S/C8H12O6/c1-3-13-7(10)4-6(8(11)12)14-5(2)9/h6H,3-4H2,1-2H3,(H,11,12)/t6-/m0/s1. The van der Waals surface area contributed by atoms with Crippen LogP contribution in [0.1, 0.15) is 20.3 Å². The van der Waals surface area contributed by atoms with Crippen molar-refractivity contribution in [2.75, 3.05) is 6.61 Å². The van der Waals surface area contributed by atoms with Crippen LogP contribution in [0.4, 0.5) is 0 Å². The van der Waals surface area contributed by atoms with E-state index in [0.29, 0.717) is 0 Å². The van der Waals surface area contributed by atoms with Crippen LogP contribution in [0.3, 0.4) is 0 Å². The van der Waals surface area contributed by atoms with Crippen molar-refractivity contribution in [3.8, 4) is 0 Å². The van der Waals surface area contributed by atoms with E-state index in [1.165, 1.54) is 0 Å². The summed E-state index contributed by atoms with van der Waals surface area (Å²) in [5, 5.41) is 8.55. The monoisotopic (exact) mass is 204 g/mol. The molecule has 0 aliphatic heterocycles. The maximum atomic E-state index is 10.9. The Labute approximate surface area is 80.8 Å². The van der Waals surface area contributed by atoms with Gasteiger partial charge in [-0.2, -0.15) is 0 Å². The smallest absolute Gasteiger partial charge is 0.345 e. The van der Waals surface area contributed by atoms with Crippen LogP contribution in [0.25, 0.3) is 0 Å². The van der Waals surface area contributed by atoms with Crippen molar-refractivity contribution in [2.24, 2.45) is 0 Å². The summed E-state index contributed by atoms with van der Waals surface area (Å²) in [6.45, 7) is 2.83. The largest absolute Gasteiger partial charge is 0.478 e. The number of carbonyl (C=O) groups is 3. The molecule has 14 heavy (non-hydrogen) atoms. The van der Waals surface area contributed by atoms with E-state index in [9.17, 15) is 14.4 Å². The Morgan fingerprint density at radius 3 is 2.29 bits per heavy atom. The van der Waals surface area contributed by atoms with Gasteiger partial charge in [-0.25, -0.2) is 4.79 Å². The Kier molecular flexibility index (Phi) is 5.28. The van der Waals surface area contributed by atoms with Crippen molar-refractivity contribution in [1.82, 2.24) is 0 Å². The van der Waals surface area contributed by atoms with Gasteiger partial charge in [0.15, 0.2) is 0 Å². The van der Waals surface area contributed by atoms with Gasteiger partial charge in [-0.05, 0) is 6.92 Å². The van der Waals surface area contributed by atoms with Gasteiger partial charge >= 0.3 is 17.9 Å². The lowest BCUT2D eigenvalue weighted by molar-refractivity contribution is -0.167. The van der Waals surface area contributed by atoms with E-state index in [1.807, 2.05) is 0 Å². The summed E-state index contributed by atoms with van der Waals surface area (Å²) in [5.74, 6) is -2.82. The van der Waals surface area contributed by atoms with E-state index >= 15 is 0 Å². The number of ether oxygens (including phenoxy) is 2. The first kappa shape index (κ1) is 12.4. The molecule has 0 rings (SSSR count). The van der Waals surface area contributed by atoms with Crippen molar-refractivity contribution < 1.29 is 29.0 Å². The average Bonchev–Trinajstić information content (AvgIpc) is 2.02. The molecule has 0 spiro atoms. The molecule has 0 unspecified atom stereocenters. The van der Waals surface area contributed by atoms with E-state index in [2.05, 4.69) is 9.47 Å². The van der Waals surface area contributed by atoms with Crippen LogP contribution < -0.4 is 0 Å². The van der Waals surface area contributed by atoms with Crippen molar-refractivity contribution in [2.45, 2.75) is 26.4 Å². The topological polar surface area (TPSA) is 89.9 Å². The minimum absolute atomic E-state index is 0.158. The highest BCUT2D eigenvalue weighted by Crippen LogP contribution is 2.01. The molecule has 0 aromatic carbocycles. The zero-order valence-electron chi connectivity index (χ0n) is 7.98. The summed E-state index contributed by atoms with van der Waals surface area (Å²) in [4.78, 5) is 31.8. The molecule has 0 aromatic rings. The molecule has 0 aliphatic rings. The third kappa shape index (κ3) is 5.13. The van der Waals surface area contributed by atoms with Crippen molar-refractivity contribution in [3.63, 3.8) is 0 Å². The Bertz CT molecular complexity index is 234. The summed E-state index contributed by atoms with van der Waals surface area (Å²) in [6, 6.07) is 0. The number of esters is 2. The second-order valence-electron chi connectivity index (χ2n) is 2.45.